The number of rotatable bonds is 44. The van der Waals surface area contributed by atoms with Gasteiger partial charge in [0.05, 0.1) is 51.4 Å². The van der Waals surface area contributed by atoms with E-state index in [1.165, 1.54) is 52.0 Å². The summed E-state index contributed by atoms with van der Waals surface area (Å²) in [6, 6.07) is 0.514. The molecule has 18 N–H and O–H groups in total. The van der Waals surface area contributed by atoms with E-state index in [1.807, 2.05) is 25.1 Å². The summed E-state index contributed by atoms with van der Waals surface area (Å²) in [6.45, 7) is 5.88. The maximum absolute atomic E-state index is 14.9. The Labute approximate surface area is 697 Å². The predicted molar refractivity (Wildman–Crippen MR) is 436 cm³/mol. The Morgan fingerprint density at radius 3 is 1.78 bits per heavy atom. The Morgan fingerprint density at radius 1 is 0.607 bits per heavy atom. The lowest BCUT2D eigenvalue weighted by molar-refractivity contribution is -0.148. The van der Waals surface area contributed by atoms with E-state index in [0.717, 1.165) is 29.5 Å². The second-order valence-electron chi connectivity index (χ2n) is 28.3. The number of aliphatic carboxylic acids is 3. The van der Waals surface area contributed by atoms with Crippen molar-refractivity contribution in [2.45, 2.75) is 207 Å². The Bertz CT molecular complexity index is 3650. The first-order valence-corrected chi connectivity index (χ1v) is 43.2. The number of nitrogens with one attached hydrogen (secondary N) is 10. The van der Waals surface area contributed by atoms with Crippen LogP contribution in [0.1, 0.15) is 139 Å². The van der Waals surface area contributed by atoms with Gasteiger partial charge in [-0.05, 0) is 80.5 Å². The Hall–Kier alpha value is -8.84. The molecule has 37 nitrogen and oxygen atoms in total. The molecule has 0 aliphatic carbocycles. The molecule has 5 rings (SSSR count). The number of fused-ring (bicyclic) bond motifs is 4. The van der Waals surface area contributed by atoms with Crippen LogP contribution in [0, 0.1) is 0 Å². The molecule has 0 spiro atoms. The lowest BCUT2D eigenvalue weighted by Gasteiger charge is -2.33. The molecule has 2 fully saturated rings. The fourth-order valence-corrected chi connectivity index (χ4v) is 15.6. The number of aliphatic hydroxyl groups is 1. The van der Waals surface area contributed by atoms with Crippen LogP contribution in [-0.4, -0.2) is 287 Å². The van der Waals surface area contributed by atoms with Crippen molar-refractivity contribution >= 4 is 143 Å². The highest BCUT2D eigenvalue weighted by Gasteiger charge is 2.45. The summed E-state index contributed by atoms with van der Waals surface area (Å²) in [5.41, 5.74) is 14.1. The van der Waals surface area contributed by atoms with Crippen molar-refractivity contribution in [2.75, 3.05) is 95.4 Å². The van der Waals surface area contributed by atoms with Gasteiger partial charge in [0.1, 0.15) is 54.4 Å². The summed E-state index contributed by atoms with van der Waals surface area (Å²) >= 11 is 8.19. The van der Waals surface area contributed by atoms with E-state index in [2.05, 4.69) is 65.8 Å². The van der Waals surface area contributed by atoms with Crippen molar-refractivity contribution in [3.8, 4) is 0 Å². The highest BCUT2D eigenvalue weighted by Crippen LogP contribution is 2.29. The number of nitrogens with zero attached hydrogens (tertiary/aromatic N) is 2. The molecule has 41 heteroatoms. The Kier molecular flexibility index (Phi) is 45.8. The summed E-state index contributed by atoms with van der Waals surface area (Å²) in [5.74, 6) is -12.2. The van der Waals surface area contributed by atoms with E-state index >= 15 is 0 Å². The minimum Gasteiger partial charge on any atom is -0.481 e. The van der Waals surface area contributed by atoms with Crippen molar-refractivity contribution < 1.29 is 111 Å². The number of benzene rings is 2. The first-order chi connectivity index (χ1) is 56.0. The minimum absolute atomic E-state index is 0.0492. The first kappa shape index (κ1) is 98.7. The van der Waals surface area contributed by atoms with Gasteiger partial charge in [0.15, 0.2) is 0 Å². The van der Waals surface area contributed by atoms with E-state index in [9.17, 15) is 92.0 Å². The quantitative estimate of drug-likeness (QED) is 0.0265. The van der Waals surface area contributed by atoms with Crippen LogP contribution < -0.4 is 64.6 Å². The van der Waals surface area contributed by atoms with E-state index < -0.39 is 169 Å². The van der Waals surface area contributed by atoms with Gasteiger partial charge in [0.2, 0.25) is 76.8 Å². The van der Waals surface area contributed by atoms with E-state index in [0.29, 0.717) is 68.1 Å². The third-order valence-corrected chi connectivity index (χ3v) is 22.3. The number of primary amides is 1. The second kappa shape index (κ2) is 54.3. The van der Waals surface area contributed by atoms with Gasteiger partial charge in [-0.1, -0.05) is 68.3 Å². The first-order valence-electron chi connectivity index (χ1n) is 39.1. The van der Waals surface area contributed by atoms with Gasteiger partial charge in [0.25, 0.3) is 0 Å². The molecule has 11 atom stereocenters. The molecule has 3 heterocycles. The number of thiol groups is 1. The number of carbonyl (C=O) groups excluding carboxylic acids is 13. The summed E-state index contributed by atoms with van der Waals surface area (Å²) in [6.07, 6.45) is 0.219. The molecule has 0 aromatic heterocycles. The SMILES string of the molecule is CCCCCC(=O)N[C@H]1CSCc2cc(CSCCNC(=O)CCC(=O)NCCCOCCOCCOCCCNC(=O)[C@H](CS)NC(=O)[C@H](CC(=O)O)NC(=O)[C@@H](N)CC(=O)O)cc(c2)CSCC(C(=O)O)NC(=O)[C@H](Cc2ccccc2)NC(=O)[C@H](CCC(N)=O)NC(=O)[C@H]([C@@H](C)O)NC(=O)[C@@H]2CCCN2C(=O)[C@@H]2CCCN2C1=O. The van der Waals surface area contributed by atoms with Crippen LogP contribution in [0.2, 0.25) is 0 Å². The lowest BCUT2D eigenvalue weighted by atomic mass is 10.0. The van der Waals surface area contributed by atoms with E-state index in [1.54, 1.807) is 30.3 Å². The molecule has 0 saturated carbocycles. The molecular formula is C76H114N14O23S4. The zero-order valence-corrected chi connectivity index (χ0v) is 69.3. The molecule has 3 aliphatic rings. The molecule has 2 saturated heterocycles. The molecule has 0 radical (unpaired) electrons. The number of amides is 13. The average Bonchev–Trinajstić information content (AvgIpc) is 1.66. The molecule has 650 valence electrons. The second-order valence-corrected chi connectivity index (χ2v) is 31.8. The van der Waals surface area contributed by atoms with Crippen LogP contribution in [0.5, 0.6) is 0 Å². The van der Waals surface area contributed by atoms with Crippen molar-refractivity contribution in [3.63, 3.8) is 0 Å². The third-order valence-electron chi connectivity index (χ3n) is 18.7. The van der Waals surface area contributed by atoms with Crippen LogP contribution in [0.3, 0.4) is 0 Å². The lowest BCUT2D eigenvalue weighted by Crippen LogP contribution is -2.61. The molecule has 3 aliphatic heterocycles. The van der Waals surface area contributed by atoms with Gasteiger partial charge < -0.3 is 109 Å². The topological polar surface area (TPSA) is 561 Å². The molecular weight excluding hydrogens is 1610 g/mol. The summed E-state index contributed by atoms with van der Waals surface area (Å²) in [7, 11) is 0. The summed E-state index contributed by atoms with van der Waals surface area (Å²) in [4.78, 5) is 214. The average molecular weight is 1720 g/mol. The smallest absolute Gasteiger partial charge is 0.327 e. The number of ether oxygens (including phenoxy) is 3. The molecule has 2 aromatic carbocycles. The number of hydrogen-bond acceptors (Lipinski definition) is 25. The number of aliphatic hydroxyl groups excluding tert-OH is 1. The number of carbonyl (C=O) groups is 16. The van der Waals surface area contributed by atoms with Gasteiger partial charge in [-0.25, -0.2) is 4.79 Å². The monoisotopic (exact) mass is 1720 g/mol. The summed E-state index contributed by atoms with van der Waals surface area (Å²) < 4.78 is 16.6. The predicted octanol–water partition coefficient (Wildman–Crippen LogP) is -1.51. The molecule has 1 unspecified atom stereocenters. The Morgan fingerprint density at radius 2 is 1.18 bits per heavy atom. The van der Waals surface area contributed by atoms with Crippen molar-refractivity contribution in [3.05, 3.63) is 70.8 Å². The van der Waals surface area contributed by atoms with Crippen LogP contribution in [0.25, 0.3) is 0 Å². The highest BCUT2D eigenvalue weighted by atomic mass is 32.2. The van der Waals surface area contributed by atoms with Gasteiger partial charge in [-0.15, -0.1) is 0 Å². The number of hydrogen-bond donors (Lipinski definition) is 17. The zero-order chi connectivity index (χ0) is 85.8. The number of thioether (sulfide) groups is 3. The van der Waals surface area contributed by atoms with Crippen molar-refractivity contribution in [2.24, 2.45) is 11.5 Å². The van der Waals surface area contributed by atoms with Crippen molar-refractivity contribution in [1.29, 1.82) is 0 Å². The highest BCUT2D eigenvalue weighted by molar-refractivity contribution is 7.99. The summed E-state index contributed by atoms with van der Waals surface area (Å²) in [5, 5.41) is 65.5. The Balaban J connectivity index is 1.14. The fraction of sp³-hybridized carbons (Fsp3) is 0.632. The number of nitrogens with two attached hydrogens (primary N) is 2. The van der Waals surface area contributed by atoms with Crippen LogP contribution in [0.4, 0.5) is 0 Å². The minimum atomic E-state index is -1.72. The molecule has 2 aromatic rings. The number of carboxylic acid groups (broad SMARTS) is 3. The van der Waals surface area contributed by atoms with Crippen molar-refractivity contribution in [1.82, 2.24) is 63.0 Å². The fourth-order valence-electron chi connectivity index (χ4n) is 12.6. The number of unbranched alkanes of at least 4 members (excludes halogenated alkanes) is 2. The van der Waals surface area contributed by atoms with Crippen LogP contribution >= 0.6 is 47.9 Å². The molecule has 117 heavy (non-hydrogen) atoms. The maximum Gasteiger partial charge on any atom is 0.327 e. The van der Waals surface area contributed by atoms with E-state index in [-0.39, 0.29) is 138 Å². The molecule has 13 amide bonds. The largest absolute Gasteiger partial charge is 0.481 e. The molecule has 2 bridgehead atoms. The van der Waals surface area contributed by atoms with Gasteiger partial charge in [-0.2, -0.15) is 47.9 Å². The van der Waals surface area contributed by atoms with Gasteiger partial charge in [0, 0.05) is 118 Å². The standard InChI is InChI=1S/C76H114N14O23S4/c1-3-4-6-17-63(95)82-56-44-116-42-49-34-48(41-115-33-24-80-62(94)21-20-61(93)79-22-11-27-111-29-31-113-32-30-112-28-12-23-81-68(101)55(40-114)86-71(104)54(39-65(98)99)84-67(100)51(77)38-64(96)97)35-50(36-49)43-117-45-57(76(109)110)87-70(103)53(37-47-13-7-5-8-14-47)85-69(102)52(18-19-60(78)92)83-73(106)66(46(2)91)88-72(105)58-15-9-25-89(58)75(108)59-16-10-26-90(59)74(56)107/h5,7-8,13-14,34-36,46,51-59,66,91,114H,3-4,6,9-12,15-33,37-45,77H2,1-2H3,(H2,78,92)(H,79,93)(H,80,94)(H,81,101)(H,82,95)(H,83,106)(H,84,100)(H,85,102)(H,86,104)(H,87,103)(H,88,105)(H,96,97)(H,98,99)(H,109,110)/t46-,51+,52+,53+,54+,55+,56+,57?,58+,59+,66+/m1/s1. The number of carboxylic acids is 3. The maximum atomic E-state index is 14.9. The normalized spacial score (nSPS) is 20.3. The van der Waals surface area contributed by atoms with Crippen LogP contribution in [0.15, 0.2) is 48.5 Å². The van der Waals surface area contributed by atoms with Gasteiger partial charge >= 0.3 is 17.9 Å². The third kappa shape index (κ3) is 37.3. The van der Waals surface area contributed by atoms with Crippen LogP contribution in [-0.2, 0) is 115 Å². The van der Waals surface area contributed by atoms with Gasteiger partial charge in [-0.3, -0.25) is 71.9 Å². The van der Waals surface area contributed by atoms with E-state index in [4.69, 9.17) is 30.8 Å². The zero-order valence-electron chi connectivity index (χ0n) is 66.0.